The third-order valence-corrected chi connectivity index (χ3v) is 3.68. The van der Waals surface area contributed by atoms with Crippen LogP contribution in [0.15, 0.2) is 12.1 Å². The second-order valence-electron chi connectivity index (χ2n) is 4.25. The molecule has 94 valence electrons. The Morgan fingerprint density at radius 3 is 2.78 bits per heavy atom. The monoisotopic (exact) mass is 262 g/mol. The van der Waals surface area contributed by atoms with E-state index in [1.807, 2.05) is 26.1 Å². The SMILES string of the molecule is COc1ccc(Cl)c2c1c(CCC#N)c(C)n2C. The maximum absolute atomic E-state index is 8.76. The molecular formula is C14H15ClN2O. The number of ether oxygens (including phenoxy) is 1. The van der Waals surface area contributed by atoms with Gasteiger partial charge in [-0.15, -0.1) is 0 Å². The lowest BCUT2D eigenvalue weighted by atomic mass is 10.1. The van der Waals surface area contributed by atoms with Crippen molar-refractivity contribution in [1.29, 1.82) is 5.26 Å². The highest BCUT2D eigenvalue weighted by molar-refractivity contribution is 6.35. The molecule has 0 saturated carbocycles. The summed E-state index contributed by atoms with van der Waals surface area (Å²) in [7, 11) is 3.64. The first-order valence-corrected chi connectivity index (χ1v) is 6.17. The molecule has 4 heteroatoms. The molecule has 3 nitrogen and oxygen atoms in total. The summed E-state index contributed by atoms with van der Waals surface area (Å²) in [5, 5.41) is 10.5. The molecule has 1 heterocycles. The molecule has 0 saturated heterocycles. The van der Waals surface area contributed by atoms with Gasteiger partial charge in [0, 0.05) is 24.5 Å². The summed E-state index contributed by atoms with van der Waals surface area (Å²) in [4.78, 5) is 0. The smallest absolute Gasteiger partial charge is 0.128 e. The van der Waals surface area contributed by atoms with Crippen LogP contribution in [0.1, 0.15) is 17.7 Å². The molecular weight excluding hydrogens is 248 g/mol. The van der Waals surface area contributed by atoms with Gasteiger partial charge in [0.25, 0.3) is 0 Å². The Morgan fingerprint density at radius 2 is 2.17 bits per heavy atom. The lowest BCUT2D eigenvalue weighted by molar-refractivity contribution is 0.419. The predicted molar refractivity (Wildman–Crippen MR) is 73.2 cm³/mol. The van der Waals surface area contributed by atoms with Crippen LogP contribution in [0.4, 0.5) is 0 Å². The fourth-order valence-electron chi connectivity index (χ4n) is 2.37. The summed E-state index contributed by atoms with van der Waals surface area (Å²) in [6.07, 6.45) is 1.21. The molecule has 0 atom stereocenters. The zero-order valence-electron chi connectivity index (χ0n) is 10.7. The van der Waals surface area contributed by atoms with Gasteiger partial charge in [0.2, 0.25) is 0 Å². The highest BCUT2D eigenvalue weighted by atomic mass is 35.5. The predicted octanol–water partition coefficient (Wildman–Crippen LogP) is 3.60. The van der Waals surface area contributed by atoms with E-state index in [0.717, 1.165) is 34.3 Å². The maximum Gasteiger partial charge on any atom is 0.128 e. The summed E-state index contributed by atoms with van der Waals surface area (Å²) in [6, 6.07) is 5.90. The highest BCUT2D eigenvalue weighted by Crippen LogP contribution is 2.37. The molecule has 18 heavy (non-hydrogen) atoms. The van der Waals surface area contributed by atoms with Crippen LogP contribution in [0.5, 0.6) is 5.75 Å². The van der Waals surface area contributed by atoms with Gasteiger partial charge in [-0.05, 0) is 31.0 Å². The van der Waals surface area contributed by atoms with Gasteiger partial charge in [0.1, 0.15) is 5.75 Å². The number of halogens is 1. The van der Waals surface area contributed by atoms with E-state index in [0.29, 0.717) is 11.4 Å². The fraction of sp³-hybridized carbons (Fsp3) is 0.357. The van der Waals surface area contributed by atoms with Gasteiger partial charge in [0.15, 0.2) is 0 Å². The number of benzene rings is 1. The molecule has 0 aliphatic rings. The molecule has 0 aliphatic carbocycles. The Kier molecular flexibility index (Phi) is 3.49. The molecule has 0 bridgehead atoms. The zero-order valence-corrected chi connectivity index (χ0v) is 11.5. The summed E-state index contributed by atoms with van der Waals surface area (Å²) in [5.74, 6) is 0.811. The van der Waals surface area contributed by atoms with E-state index >= 15 is 0 Å². The molecule has 0 N–H and O–H groups in total. The number of nitriles is 1. The standard InChI is InChI=1S/C14H15ClN2O/c1-9-10(5-4-8-16)13-12(18-3)7-6-11(15)14(13)17(9)2/h6-7H,4-5H2,1-3H3. The summed E-state index contributed by atoms with van der Waals surface area (Å²) < 4.78 is 7.48. The second-order valence-corrected chi connectivity index (χ2v) is 4.66. The first kappa shape index (κ1) is 12.8. The Labute approximate surface area is 112 Å². The maximum atomic E-state index is 8.76. The van der Waals surface area contributed by atoms with Crippen molar-refractivity contribution in [3.63, 3.8) is 0 Å². The molecule has 0 aliphatic heterocycles. The summed E-state index contributed by atoms with van der Waals surface area (Å²) >= 11 is 6.27. The lowest BCUT2D eigenvalue weighted by Gasteiger charge is -2.05. The third kappa shape index (κ3) is 1.83. The number of hydrogen-bond donors (Lipinski definition) is 0. The normalized spacial score (nSPS) is 10.6. The van der Waals surface area contributed by atoms with Crippen molar-refractivity contribution in [3.8, 4) is 11.8 Å². The van der Waals surface area contributed by atoms with Gasteiger partial charge < -0.3 is 9.30 Å². The fourth-order valence-corrected chi connectivity index (χ4v) is 2.66. The molecule has 2 rings (SSSR count). The Balaban J connectivity index is 2.80. The van der Waals surface area contributed by atoms with Crippen LogP contribution in [0.25, 0.3) is 10.9 Å². The minimum absolute atomic E-state index is 0.496. The Bertz CT molecular complexity index is 638. The van der Waals surface area contributed by atoms with Crippen molar-refractivity contribution in [1.82, 2.24) is 4.57 Å². The average Bonchev–Trinajstić information content (AvgIpc) is 2.62. The number of aromatic nitrogens is 1. The van der Waals surface area contributed by atoms with E-state index in [1.54, 1.807) is 7.11 Å². The van der Waals surface area contributed by atoms with Crippen molar-refractivity contribution >= 4 is 22.5 Å². The van der Waals surface area contributed by atoms with Crippen LogP contribution in [-0.2, 0) is 13.5 Å². The molecule has 0 radical (unpaired) electrons. The molecule has 1 aromatic carbocycles. The Hall–Kier alpha value is -1.66. The molecule has 0 spiro atoms. The van der Waals surface area contributed by atoms with Gasteiger partial charge in [-0.25, -0.2) is 0 Å². The molecule has 0 unspecified atom stereocenters. The van der Waals surface area contributed by atoms with Gasteiger partial charge in [-0.1, -0.05) is 11.6 Å². The van der Waals surface area contributed by atoms with Crippen molar-refractivity contribution in [2.24, 2.45) is 7.05 Å². The minimum Gasteiger partial charge on any atom is -0.496 e. The molecule has 2 aromatic rings. The van der Waals surface area contributed by atoms with E-state index < -0.39 is 0 Å². The van der Waals surface area contributed by atoms with Crippen LogP contribution >= 0.6 is 11.6 Å². The van der Waals surface area contributed by atoms with E-state index in [-0.39, 0.29) is 0 Å². The average molecular weight is 263 g/mol. The van der Waals surface area contributed by atoms with Crippen molar-refractivity contribution < 1.29 is 4.74 Å². The number of aryl methyl sites for hydroxylation is 2. The lowest BCUT2D eigenvalue weighted by Crippen LogP contribution is -1.92. The van der Waals surface area contributed by atoms with Crippen molar-refractivity contribution in [3.05, 3.63) is 28.4 Å². The Morgan fingerprint density at radius 1 is 1.44 bits per heavy atom. The number of nitrogens with zero attached hydrogens (tertiary/aromatic N) is 2. The third-order valence-electron chi connectivity index (χ3n) is 3.37. The largest absolute Gasteiger partial charge is 0.496 e. The topological polar surface area (TPSA) is 37.9 Å². The molecule has 0 amide bonds. The number of fused-ring (bicyclic) bond motifs is 1. The van der Waals surface area contributed by atoms with E-state index in [1.165, 1.54) is 0 Å². The van der Waals surface area contributed by atoms with Crippen LogP contribution in [0.2, 0.25) is 5.02 Å². The van der Waals surface area contributed by atoms with Crippen molar-refractivity contribution in [2.45, 2.75) is 19.8 Å². The van der Waals surface area contributed by atoms with Crippen LogP contribution in [0, 0.1) is 18.3 Å². The zero-order chi connectivity index (χ0) is 13.3. The quantitative estimate of drug-likeness (QED) is 0.848. The van der Waals surface area contributed by atoms with Gasteiger partial charge >= 0.3 is 0 Å². The molecule has 0 fully saturated rings. The van der Waals surface area contributed by atoms with Gasteiger partial charge in [-0.2, -0.15) is 5.26 Å². The first-order valence-electron chi connectivity index (χ1n) is 5.79. The van der Waals surface area contributed by atoms with E-state index in [2.05, 4.69) is 10.6 Å². The molecule has 1 aromatic heterocycles. The number of hydrogen-bond acceptors (Lipinski definition) is 2. The number of methoxy groups -OCH3 is 1. The van der Waals surface area contributed by atoms with Crippen LogP contribution in [0.3, 0.4) is 0 Å². The van der Waals surface area contributed by atoms with Crippen molar-refractivity contribution in [2.75, 3.05) is 7.11 Å². The number of rotatable bonds is 3. The van der Waals surface area contributed by atoms with Crippen LogP contribution < -0.4 is 4.74 Å². The minimum atomic E-state index is 0.496. The summed E-state index contributed by atoms with van der Waals surface area (Å²) in [5.41, 5.74) is 3.25. The second kappa shape index (κ2) is 4.91. The first-order chi connectivity index (χ1) is 8.61. The highest BCUT2D eigenvalue weighted by Gasteiger charge is 2.17. The van der Waals surface area contributed by atoms with E-state index in [4.69, 9.17) is 21.6 Å². The van der Waals surface area contributed by atoms with Crippen LogP contribution in [-0.4, -0.2) is 11.7 Å². The van der Waals surface area contributed by atoms with Gasteiger partial charge in [-0.3, -0.25) is 0 Å². The summed E-state index contributed by atoms with van der Waals surface area (Å²) in [6.45, 7) is 2.04. The van der Waals surface area contributed by atoms with Gasteiger partial charge in [0.05, 0.1) is 23.7 Å². The van der Waals surface area contributed by atoms with E-state index in [9.17, 15) is 0 Å².